The molecule has 0 spiro atoms. The Hall–Kier alpha value is -2.86. The van der Waals surface area contributed by atoms with E-state index in [0.29, 0.717) is 44.4 Å². The number of hydrazone groups is 1. The largest absolute Gasteiger partial charge is 0.490 e. The number of hydrogen-bond acceptors (Lipinski definition) is 6. The summed E-state index contributed by atoms with van der Waals surface area (Å²) in [5, 5.41) is 9.69. The van der Waals surface area contributed by atoms with Gasteiger partial charge in [0.15, 0.2) is 18.1 Å². The van der Waals surface area contributed by atoms with Gasteiger partial charge in [-0.05, 0) is 84.8 Å². The molecule has 0 heterocycles. The van der Waals surface area contributed by atoms with Gasteiger partial charge in [0.25, 0.3) is 5.91 Å². The minimum atomic E-state index is -0.858. The van der Waals surface area contributed by atoms with E-state index in [9.17, 15) is 14.4 Å². The first kappa shape index (κ1) is 27.4. The van der Waals surface area contributed by atoms with Gasteiger partial charge in [-0.1, -0.05) is 18.5 Å². The van der Waals surface area contributed by atoms with Crippen LogP contribution in [0.2, 0.25) is 5.02 Å². The topological polar surface area (TPSA) is 118 Å². The number of benzene rings is 2. The summed E-state index contributed by atoms with van der Waals surface area (Å²) < 4.78 is 12.0. The molecule has 0 saturated carbocycles. The second-order valence-electron chi connectivity index (χ2n) is 7.09. The van der Waals surface area contributed by atoms with Gasteiger partial charge in [0, 0.05) is 16.8 Å². The van der Waals surface area contributed by atoms with Crippen molar-refractivity contribution in [1.29, 1.82) is 0 Å². The fourth-order valence-electron chi connectivity index (χ4n) is 2.54. The van der Waals surface area contributed by atoms with Gasteiger partial charge >= 0.3 is 11.8 Å². The number of rotatable bonds is 10. The van der Waals surface area contributed by atoms with Crippen LogP contribution in [0.5, 0.6) is 11.5 Å². The molecule has 2 aromatic rings. The Balaban J connectivity index is 2.03. The number of ether oxygens (including phenoxy) is 2. The molecule has 0 unspecified atom stereocenters. The third-order valence-electron chi connectivity index (χ3n) is 4.38. The highest BCUT2D eigenvalue weighted by Crippen LogP contribution is 2.34. The van der Waals surface area contributed by atoms with E-state index >= 15 is 0 Å². The van der Waals surface area contributed by atoms with Gasteiger partial charge in [0.2, 0.25) is 0 Å². The van der Waals surface area contributed by atoms with E-state index in [1.807, 2.05) is 13.8 Å². The number of halogens is 2. The minimum absolute atomic E-state index is 0.113. The van der Waals surface area contributed by atoms with Crippen LogP contribution in [-0.2, 0) is 14.4 Å². The van der Waals surface area contributed by atoms with Crippen LogP contribution >= 0.6 is 34.2 Å². The Bertz CT molecular complexity index is 1050. The summed E-state index contributed by atoms with van der Waals surface area (Å²) in [6, 6.07) is 10.0. The van der Waals surface area contributed by atoms with Gasteiger partial charge < -0.3 is 20.1 Å². The van der Waals surface area contributed by atoms with Gasteiger partial charge in [-0.3, -0.25) is 14.4 Å². The lowest BCUT2D eigenvalue weighted by atomic mass is 10.2. The highest BCUT2D eigenvalue weighted by Gasteiger charge is 2.16. The van der Waals surface area contributed by atoms with Crippen molar-refractivity contribution < 1.29 is 23.9 Å². The second-order valence-corrected chi connectivity index (χ2v) is 8.69. The Morgan fingerprint density at radius 1 is 1.12 bits per heavy atom. The molecule has 0 fully saturated rings. The van der Waals surface area contributed by atoms with Crippen LogP contribution < -0.4 is 25.5 Å². The zero-order valence-electron chi connectivity index (χ0n) is 19.0. The van der Waals surface area contributed by atoms with Crippen LogP contribution in [0.4, 0.5) is 5.69 Å². The van der Waals surface area contributed by atoms with Crippen molar-refractivity contribution in [3.05, 3.63) is 50.6 Å². The number of anilines is 1. The predicted molar refractivity (Wildman–Crippen MR) is 140 cm³/mol. The lowest BCUT2D eigenvalue weighted by Crippen LogP contribution is -2.41. The lowest BCUT2D eigenvalue weighted by Gasteiger charge is -2.14. The number of nitrogens with zero attached hydrogens (tertiary/aromatic N) is 1. The molecular formula is C23H26ClIN4O5. The van der Waals surface area contributed by atoms with E-state index in [1.165, 1.54) is 6.21 Å². The van der Waals surface area contributed by atoms with Crippen LogP contribution in [0.25, 0.3) is 0 Å². The van der Waals surface area contributed by atoms with Gasteiger partial charge in [0.05, 0.1) is 16.4 Å². The summed E-state index contributed by atoms with van der Waals surface area (Å²) >= 11 is 7.91. The van der Waals surface area contributed by atoms with Gasteiger partial charge in [-0.2, -0.15) is 5.10 Å². The molecule has 0 aliphatic rings. The lowest BCUT2D eigenvalue weighted by molar-refractivity contribution is -0.139. The standard InChI is InChI=1S/C23H26ClIN4O5/c1-4-14(3)27-22(31)23(32)29-26-12-15-10-18(25)21(19(11-15)33-5-2)34-13-20(30)28-17-8-6-16(24)7-9-17/h6-12,14H,4-5,13H2,1-3H3,(H,27,31)(H,28,30)(H,29,32)/b26-12-/t14-/m1/s1. The molecule has 34 heavy (non-hydrogen) atoms. The zero-order valence-corrected chi connectivity index (χ0v) is 21.9. The van der Waals surface area contributed by atoms with Crippen molar-refractivity contribution in [2.24, 2.45) is 5.10 Å². The van der Waals surface area contributed by atoms with E-state index in [2.05, 4.69) is 43.8 Å². The Morgan fingerprint density at radius 2 is 1.82 bits per heavy atom. The number of carbonyl (C=O) groups excluding carboxylic acids is 3. The molecule has 3 N–H and O–H groups in total. The Morgan fingerprint density at radius 3 is 2.47 bits per heavy atom. The normalized spacial score (nSPS) is 11.6. The maximum atomic E-state index is 12.3. The minimum Gasteiger partial charge on any atom is -0.490 e. The first-order chi connectivity index (χ1) is 16.2. The molecule has 0 radical (unpaired) electrons. The molecule has 2 rings (SSSR count). The van der Waals surface area contributed by atoms with Gasteiger partial charge in [-0.15, -0.1) is 0 Å². The monoisotopic (exact) mass is 600 g/mol. The average molecular weight is 601 g/mol. The van der Waals surface area contributed by atoms with E-state index in [-0.39, 0.29) is 18.6 Å². The van der Waals surface area contributed by atoms with Crippen LogP contribution in [0.15, 0.2) is 41.5 Å². The van der Waals surface area contributed by atoms with Crippen molar-refractivity contribution in [3.8, 4) is 11.5 Å². The number of hydrogen-bond donors (Lipinski definition) is 3. The highest BCUT2D eigenvalue weighted by atomic mass is 127. The van der Waals surface area contributed by atoms with Gasteiger partial charge in [-0.25, -0.2) is 5.43 Å². The molecule has 0 saturated heterocycles. The molecular weight excluding hydrogens is 575 g/mol. The second kappa shape index (κ2) is 13.8. The van der Waals surface area contributed by atoms with Crippen molar-refractivity contribution in [3.63, 3.8) is 0 Å². The number of nitrogens with one attached hydrogen (secondary N) is 3. The first-order valence-corrected chi connectivity index (χ1v) is 12.0. The number of amides is 3. The molecule has 182 valence electrons. The number of carbonyl (C=O) groups is 3. The maximum absolute atomic E-state index is 12.3. The third-order valence-corrected chi connectivity index (χ3v) is 5.44. The van der Waals surface area contributed by atoms with Crippen LogP contribution in [0.1, 0.15) is 32.8 Å². The van der Waals surface area contributed by atoms with Crippen molar-refractivity contribution in [2.75, 3.05) is 18.5 Å². The molecule has 9 nitrogen and oxygen atoms in total. The Kier molecular flexibility index (Phi) is 11.1. The van der Waals surface area contributed by atoms with E-state index in [1.54, 1.807) is 43.3 Å². The average Bonchev–Trinajstić information content (AvgIpc) is 2.80. The van der Waals surface area contributed by atoms with Crippen LogP contribution in [-0.4, -0.2) is 43.2 Å². The van der Waals surface area contributed by atoms with E-state index < -0.39 is 11.8 Å². The van der Waals surface area contributed by atoms with Crippen molar-refractivity contribution in [1.82, 2.24) is 10.7 Å². The molecule has 11 heteroatoms. The first-order valence-electron chi connectivity index (χ1n) is 10.5. The maximum Gasteiger partial charge on any atom is 0.329 e. The van der Waals surface area contributed by atoms with E-state index in [0.717, 1.165) is 0 Å². The van der Waals surface area contributed by atoms with E-state index in [4.69, 9.17) is 21.1 Å². The molecule has 3 amide bonds. The third kappa shape index (κ3) is 8.82. The summed E-state index contributed by atoms with van der Waals surface area (Å²) in [5.41, 5.74) is 3.40. The molecule has 0 aliphatic carbocycles. The quantitative estimate of drug-likeness (QED) is 0.166. The summed E-state index contributed by atoms with van der Waals surface area (Å²) in [6.07, 6.45) is 2.09. The summed E-state index contributed by atoms with van der Waals surface area (Å²) in [4.78, 5) is 35.9. The molecule has 0 aliphatic heterocycles. The SMILES string of the molecule is CCOc1cc(/C=N\NC(=O)C(=O)N[C@H](C)CC)cc(I)c1OCC(=O)Nc1ccc(Cl)cc1. The molecule has 0 bridgehead atoms. The molecule has 2 aromatic carbocycles. The summed E-state index contributed by atoms with van der Waals surface area (Å²) in [7, 11) is 0. The van der Waals surface area contributed by atoms with Crippen molar-refractivity contribution in [2.45, 2.75) is 33.2 Å². The van der Waals surface area contributed by atoms with Crippen LogP contribution in [0, 0.1) is 3.57 Å². The molecule has 0 aromatic heterocycles. The summed E-state index contributed by atoms with van der Waals surface area (Å²) in [6.45, 7) is 5.67. The summed E-state index contributed by atoms with van der Waals surface area (Å²) in [5.74, 6) is -1.14. The van der Waals surface area contributed by atoms with Crippen LogP contribution in [0.3, 0.4) is 0 Å². The highest BCUT2D eigenvalue weighted by molar-refractivity contribution is 14.1. The smallest absolute Gasteiger partial charge is 0.329 e. The Labute approximate surface area is 216 Å². The zero-order chi connectivity index (χ0) is 25.1. The van der Waals surface area contributed by atoms with Gasteiger partial charge in [0.1, 0.15) is 0 Å². The molecule has 1 atom stereocenters. The fraction of sp³-hybridized carbons (Fsp3) is 0.304. The predicted octanol–water partition coefficient (Wildman–Crippen LogP) is 3.73. The fourth-order valence-corrected chi connectivity index (χ4v) is 3.45. The van der Waals surface area contributed by atoms with Crippen molar-refractivity contribution >= 4 is 63.8 Å².